The van der Waals surface area contributed by atoms with Gasteiger partial charge >= 0.3 is 0 Å². The molecule has 0 atom stereocenters. The van der Waals surface area contributed by atoms with Crippen molar-refractivity contribution >= 4 is 23.5 Å². The zero-order valence-electron chi connectivity index (χ0n) is 13.9. The van der Waals surface area contributed by atoms with Gasteiger partial charge in [0.2, 0.25) is 0 Å². The van der Waals surface area contributed by atoms with Gasteiger partial charge in [0.25, 0.3) is 0 Å². The molecule has 0 bridgehead atoms. The fourth-order valence-electron chi connectivity index (χ4n) is 2.11. The zero-order chi connectivity index (χ0) is 17.4. The second-order valence-electron chi connectivity index (χ2n) is 5.19. The van der Waals surface area contributed by atoms with Crippen LogP contribution in [0.1, 0.15) is 36.2 Å². The standard InChI is InChI=1S/C20H21ClO3/c1-3-13-24-19-12-6-15(14-20(19)23-4-2)5-11-18(22)16-7-9-17(21)10-8-16/h5-12,14H,3-4,13H2,1-2H3/b11-5+. The monoisotopic (exact) mass is 344 g/mol. The second-order valence-corrected chi connectivity index (χ2v) is 5.63. The van der Waals surface area contributed by atoms with Crippen LogP contribution >= 0.6 is 11.6 Å². The van der Waals surface area contributed by atoms with E-state index in [-0.39, 0.29) is 5.78 Å². The lowest BCUT2D eigenvalue weighted by molar-refractivity contribution is 0.104. The van der Waals surface area contributed by atoms with E-state index in [0.29, 0.717) is 29.5 Å². The summed E-state index contributed by atoms with van der Waals surface area (Å²) in [6.45, 7) is 5.18. The highest BCUT2D eigenvalue weighted by Gasteiger charge is 2.06. The number of ketones is 1. The molecule has 0 heterocycles. The van der Waals surface area contributed by atoms with Crippen molar-refractivity contribution in [2.45, 2.75) is 20.3 Å². The number of allylic oxidation sites excluding steroid dienone is 1. The van der Waals surface area contributed by atoms with Gasteiger partial charge < -0.3 is 9.47 Å². The second kappa shape index (κ2) is 9.14. The van der Waals surface area contributed by atoms with E-state index >= 15 is 0 Å². The number of hydrogen-bond acceptors (Lipinski definition) is 3. The Morgan fingerprint density at radius 1 is 1.04 bits per heavy atom. The number of ether oxygens (including phenoxy) is 2. The normalized spacial score (nSPS) is 10.8. The number of hydrogen-bond donors (Lipinski definition) is 0. The molecule has 0 saturated heterocycles. The largest absolute Gasteiger partial charge is 0.490 e. The number of halogens is 1. The van der Waals surface area contributed by atoms with E-state index in [1.165, 1.54) is 0 Å². The predicted octanol–water partition coefficient (Wildman–Crippen LogP) is 5.42. The fraction of sp³-hybridized carbons (Fsp3) is 0.250. The van der Waals surface area contributed by atoms with Crippen LogP contribution in [0.4, 0.5) is 0 Å². The van der Waals surface area contributed by atoms with Crippen molar-refractivity contribution in [2.24, 2.45) is 0 Å². The third kappa shape index (κ3) is 5.14. The Balaban J connectivity index is 2.14. The molecule has 0 unspecified atom stereocenters. The lowest BCUT2D eigenvalue weighted by atomic mass is 10.1. The molecule has 2 aromatic carbocycles. The Hall–Kier alpha value is -2.26. The van der Waals surface area contributed by atoms with Crippen molar-refractivity contribution in [3.63, 3.8) is 0 Å². The molecule has 3 nitrogen and oxygen atoms in total. The van der Waals surface area contributed by atoms with E-state index in [2.05, 4.69) is 6.92 Å². The molecule has 0 fully saturated rings. The van der Waals surface area contributed by atoms with Gasteiger partial charge in [-0.2, -0.15) is 0 Å². The van der Waals surface area contributed by atoms with Gasteiger partial charge in [-0.05, 0) is 61.4 Å². The minimum absolute atomic E-state index is 0.0732. The molecule has 2 aromatic rings. The van der Waals surface area contributed by atoms with Gasteiger partial charge in [-0.25, -0.2) is 0 Å². The van der Waals surface area contributed by atoms with E-state index in [1.54, 1.807) is 36.4 Å². The van der Waals surface area contributed by atoms with Crippen molar-refractivity contribution in [3.8, 4) is 11.5 Å². The van der Waals surface area contributed by atoms with Crippen LogP contribution in [0.25, 0.3) is 6.08 Å². The van der Waals surface area contributed by atoms with Crippen LogP contribution in [0, 0.1) is 0 Å². The maximum Gasteiger partial charge on any atom is 0.185 e. The first kappa shape index (κ1) is 18.1. The maximum atomic E-state index is 12.2. The smallest absolute Gasteiger partial charge is 0.185 e. The van der Waals surface area contributed by atoms with E-state index in [1.807, 2.05) is 25.1 Å². The molecular weight excluding hydrogens is 324 g/mol. The maximum absolute atomic E-state index is 12.2. The highest BCUT2D eigenvalue weighted by atomic mass is 35.5. The molecule has 0 aliphatic heterocycles. The minimum Gasteiger partial charge on any atom is -0.490 e. The summed E-state index contributed by atoms with van der Waals surface area (Å²) in [5.74, 6) is 1.34. The van der Waals surface area contributed by atoms with Crippen LogP contribution in [-0.2, 0) is 0 Å². The summed E-state index contributed by atoms with van der Waals surface area (Å²) in [5.41, 5.74) is 1.48. The summed E-state index contributed by atoms with van der Waals surface area (Å²) in [5, 5.41) is 0.611. The average Bonchev–Trinajstić information content (AvgIpc) is 2.59. The van der Waals surface area contributed by atoms with E-state index in [4.69, 9.17) is 21.1 Å². The molecule has 0 aliphatic carbocycles. The van der Waals surface area contributed by atoms with Gasteiger partial charge in [-0.15, -0.1) is 0 Å². The zero-order valence-corrected chi connectivity index (χ0v) is 14.7. The van der Waals surface area contributed by atoms with Crippen LogP contribution in [0.3, 0.4) is 0 Å². The topological polar surface area (TPSA) is 35.5 Å². The fourth-order valence-corrected chi connectivity index (χ4v) is 2.24. The first-order valence-electron chi connectivity index (χ1n) is 8.01. The summed E-state index contributed by atoms with van der Waals surface area (Å²) in [6.07, 6.45) is 4.24. The Kier molecular flexibility index (Phi) is 6.89. The van der Waals surface area contributed by atoms with Gasteiger partial charge in [-0.3, -0.25) is 4.79 Å². The van der Waals surface area contributed by atoms with Crippen LogP contribution in [0.2, 0.25) is 5.02 Å². The van der Waals surface area contributed by atoms with Gasteiger partial charge in [0.1, 0.15) is 0 Å². The predicted molar refractivity (Wildman–Crippen MR) is 98.2 cm³/mol. The molecule has 0 saturated carbocycles. The van der Waals surface area contributed by atoms with Crippen molar-refractivity contribution in [1.29, 1.82) is 0 Å². The molecule has 0 N–H and O–H groups in total. The summed E-state index contributed by atoms with van der Waals surface area (Å²) < 4.78 is 11.3. The lowest BCUT2D eigenvalue weighted by Crippen LogP contribution is -2.00. The van der Waals surface area contributed by atoms with Gasteiger partial charge in [0.15, 0.2) is 17.3 Å². The Bertz CT molecular complexity index is 705. The molecule has 0 aromatic heterocycles. The van der Waals surface area contributed by atoms with Gasteiger partial charge in [0, 0.05) is 10.6 Å². The number of rotatable bonds is 8. The van der Waals surface area contributed by atoms with Crippen molar-refractivity contribution in [1.82, 2.24) is 0 Å². The summed E-state index contributed by atoms with van der Waals surface area (Å²) in [4.78, 5) is 12.2. The summed E-state index contributed by atoms with van der Waals surface area (Å²) >= 11 is 5.83. The molecule has 2 rings (SSSR count). The molecular formula is C20H21ClO3. The van der Waals surface area contributed by atoms with Crippen molar-refractivity contribution in [2.75, 3.05) is 13.2 Å². The molecule has 0 aliphatic rings. The Morgan fingerprint density at radius 3 is 2.46 bits per heavy atom. The summed E-state index contributed by atoms with van der Waals surface area (Å²) in [6, 6.07) is 12.5. The number of carbonyl (C=O) groups is 1. The van der Waals surface area contributed by atoms with Gasteiger partial charge in [0.05, 0.1) is 13.2 Å². The quantitative estimate of drug-likeness (QED) is 0.473. The Labute approximate surface area is 147 Å². The highest BCUT2D eigenvalue weighted by molar-refractivity contribution is 6.30. The van der Waals surface area contributed by atoms with Crippen LogP contribution in [-0.4, -0.2) is 19.0 Å². The Morgan fingerprint density at radius 2 is 1.79 bits per heavy atom. The average molecular weight is 345 g/mol. The SMILES string of the molecule is CCCOc1ccc(/C=C/C(=O)c2ccc(Cl)cc2)cc1OCC. The van der Waals surface area contributed by atoms with Crippen LogP contribution in [0.5, 0.6) is 11.5 Å². The summed E-state index contributed by atoms with van der Waals surface area (Å²) in [7, 11) is 0. The molecule has 24 heavy (non-hydrogen) atoms. The highest BCUT2D eigenvalue weighted by Crippen LogP contribution is 2.29. The van der Waals surface area contributed by atoms with Crippen LogP contribution in [0.15, 0.2) is 48.5 Å². The van der Waals surface area contributed by atoms with E-state index in [0.717, 1.165) is 17.7 Å². The lowest BCUT2D eigenvalue weighted by Gasteiger charge is -2.12. The van der Waals surface area contributed by atoms with E-state index in [9.17, 15) is 4.79 Å². The number of benzene rings is 2. The van der Waals surface area contributed by atoms with Crippen molar-refractivity contribution in [3.05, 3.63) is 64.7 Å². The van der Waals surface area contributed by atoms with Crippen LogP contribution < -0.4 is 9.47 Å². The van der Waals surface area contributed by atoms with Gasteiger partial charge in [-0.1, -0.05) is 30.7 Å². The third-order valence-electron chi connectivity index (χ3n) is 3.29. The molecule has 4 heteroatoms. The van der Waals surface area contributed by atoms with E-state index < -0.39 is 0 Å². The molecule has 0 amide bonds. The molecule has 0 spiro atoms. The molecule has 126 valence electrons. The van der Waals surface area contributed by atoms with Crippen molar-refractivity contribution < 1.29 is 14.3 Å². The third-order valence-corrected chi connectivity index (χ3v) is 3.54. The first-order valence-corrected chi connectivity index (χ1v) is 8.39. The molecule has 0 radical (unpaired) electrons. The number of carbonyl (C=O) groups excluding carboxylic acids is 1. The first-order chi connectivity index (χ1) is 11.6. The minimum atomic E-state index is -0.0732.